The number of amides is 2. The Balaban J connectivity index is 2.02. The zero-order chi connectivity index (χ0) is 18.6. The maximum absolute atomic E-state index is 12.2. The van der Waals surface area contributed by atoms with Gasteiger partial charge in [-0.05, 0) is 58.4 Å². The molecule has 7 nitrogen and oxygen atoms in total. The molecule has 0 aromatic heterocycles. The van der Waals surface area contributed by atoms with E-state index in [1.165, 1.54) is 12.1 Å². The van der Waals surface area contributed by atoms with E-state index in [4.69, 9.17) is 16.7 Å². The molecule has 0 unspecified atom stereocenters. The first kappa shape index (κ1) is 19.4. The minimum absolute atomic E-state index is 0.0471. The second kappa shape index (κ2) is 7.96. The molecule has 0 bridgehead atoms. The molecule has 0 saturated carbocycles. The van der Waals surface area contributed by atoms with Gasteiger partial charge < -0.3 is 10.6 Å². The summed E-state index contributed by atoms with van der Waals surface area (Å²) in [6.07, 6.45) is 0. The van der Waals surface area contributed by atoms with Crippen molar-refractivity contribution >= 4 is 55.1 Å². The molecule has 0 atom stereocenters. The lowest BCUT2D eigenvalue weighted by molar-refractivity contribution is -0.115. The summed E-state index contributed by atoms with van der Waals surface area (Å²) in [5, 5.41) is 10.6. The van der Waals surface area contributed by atoms with E-state index >= 15 is 0 Å². The number of primary sulfonamides is 1. The SMILES string of the molecule is NS(=O)(=O)c1ccc(Br)c(C(=O)NCC(=O)Nc2ccc(Cl)cc2)c1. The smallest absolute Gasteiger partial charge is 0.252 e. The van der Waals surface area contributed by atoms with Crippen molar-refractivity contribution < 1.29 is 18.0 Å². The fourth-order valence-corrected chi connectivity index (χ4v) is 2.94. The Morgan fingerprint density at radius 2 is 1.76 bits per heavy atom. The van der Waals surface area contributed by atoms with E-state index < -0.39 is 21.8 Å². The number of hydrogen-bond donors (Lipinski definition) is 3. The van der Waals surface area contributed by atoms with Crippen LogP contribution in [0.4, 0.5) is 5.69 Å². The van der Waals surface area contributed by atoms with E-state index in [2.05, 4.69) is 26.6 Å². The van der Waals surface area contributed by atoms with Crippen LogP contribution in [0.25, 0.3) is 0 Å². The lowest BCUT2D eigenvalue weighted by Crippen LogP contribution is -2.33. The normalized spacial score (nSPS) is 11.0. The van der Waals surface area contributed by atoms with Gasteiger partial charge in [0.1, 0.15) is 0 Å². The first-order valence-corrected chi connectivity index (χ1v) is 9.54. The second-order valence-electron chi connectivity index (χ2n) is 4.92. The predicted molar refractivity (Wildman–Crippen MR) is 97.9 cm³/mol. The molecular formula is C15H13BrClN3O4S. The van der Waals surface area contributed by atoms with E-state index in [1.54, 1.807) is 24.3 Å². The van der Waals surface area contributed by atoms with Crippen LogP contribution in [0, 0.1) is 0 Å². The maximum atomic E-state index is 12.2. The van der Waals surface area contributed by atoms with E-state index in [0.717, 1.165) is 6.07 Å². The van der Waals surface area contributed by atoms with Crippen LogP contribution in [0.15, 0.2) is 51.8 Å². The predicted octanol–water partition coefficient (Wildman–Crippen LogP) is 2.12. The van der Waals surface area contributed by atoms with Crippen molar-refractivity contribution in [3.05, 3.63) is 57.5 Å². The van der Waals surface area contributed by atoms with E-state index in [0.29, 0.717) is 15.2 Å². The van der Waals surface area contributed by atoms with Crippen LogP contribution in [0.5, 0.6) is 0 Å². The van der Waals surface area contributed by atoms with Crippen LogP contribution in [-0.2, 0) is 14.8 Å². The van der Waals surface area contributed by atoms with Crippen LogP contribution < -0.4 is 15.8 Å². The standard InChI is InChI=1S/C15H13BrClN3O4S/c16-13-6-5-11(25(18,23)24)7-12(13)15(22)19-8-14(21)20-10-3-1-9(17)2-4-10/h1-7H,8H2,(H,19,22)(H,20,21)(H2,18,23,24). The van der Waals surface area contributed by atoms with Crippen LogP contribution >= 0.6 is 27.5 Å². The number of sulfonamides is 1. The number of nitrogens with two attached hydrogens (primary N) is 1. The van der Waals surface area contributed by atoms with Crippen molar-refractivity contribution in [1.82, 2.24) is 5.32 Å². The maximum Gasteiger partial charge on any atom is 0.252 e. The van der Waals surface area contributed by atoms with Gasteiger partial charge in [-0.25, -0.2) is 13.6 Å². The summed E-state index contributed by atoms with van der Waals surface area (Å²) in [5.41, 5.74) is 0.576. The van der Waals surface area contributed by atoms with E-state index in [9.17, 15) is 18.0 Å². The fraction of sp³-hybridized carbons (Fsp3) is 0.0667. The summed E-state index contributed by atoms with van der Waals surface area (Å²) < 4.78 is 23.1. The van der Waals surface area contributed by atoms with Crippen molar-refractivity contribution in [2.24, 2.45) is 5.14 Å². The molecule has 0 radical (unpaired) electrons. The Morgan fingerprint density at radius 1 is 1.12 bits per heavy atom. The number of rotatable bonds is 5. The Kier molecular flexibility index (Phi) is 6.17. The van der Waals surface area contributed by atoms with Crippen molar-refractivity contribution in [3.8, 4) is 0 Å². The average Bonchev–Trinajstić information content (AvgIpc) is 2.54. The second-order valence-corrected chi connectivity index (χ2v) is 7.78. The number of carbonyl (C=O) groups excluding carboxylic acids is 2. The van der Waals surface area contributed by atoms with Crippen molar-refractivity contribution in [2.75, 3.05) is 11.9 Å². The molecule has 2 aromatic carbocycles. The quantitative estimate of drug-likeness (QED) is 0.652. The van der Waals surface area contributed by atoms with E-state index in [1.807, 2.05) is 0 Å². The van der Waals surface area contributed by atoms with E-state index in [-0.39, 0.29) is 17.0 Å². The van der Waals surface area contributed by atoms with Gasteiger partial charge >= 0.3 is 0 Å². The number of benzene rings is 2. The molecule has 0 saturated heterocycles. The van der Waals surface area contributed by atoms with Gasteiger partial charge in [-0.3, -0.25) is 9.59 Å². The monoisotopic (exact) mass is 445 g/mol. The third kappa shape index (κ3) is 5.53. The summed E-state index contributed by atoms with van der Waals surface area (Å²) in [7, 11) is -3.94. The molecule has 132 valence electrons. The van der Waals surface area contributed by atoms with Crippen molar-refractivity contribution in [1.29, 1.82) is 0 Å². The third-order valence-electron chi connectivity index (χ3n) is 3.05. The zero-order valence-corrected chi connectivity index (χ0v) is 15.8. The molecule has 0 spiro atoms. The molecule has 25 heavy (non-hydrogen) atoms. The van der Waals surface area contributed by atoms with Gasteiger partial charge in [-0.15, -0.1) is 0 Å². The number of hydrogen-bond acceptors (Lipinski definition) is 4. The fourth-order valence-electron chi connectivity index (χ4n) is 1.85. The minimum Gasteiger partial charge on any atom is -0.343 e. The first-order chi connectivity index (χ1) is 11.7. The topological polar surface area (TPSA) is 118 Å². The van der Waals surface area contributed by atoms with Crippen molar-refractivity contribution in [3.63, 3.8) is 0 Å². The molecule has 0 aliphatic carbocycles. The van der Waals surface area contributed by atoms with Crippen molar-refractivity contribution in [2.45, 2.75) is 4.90 Å². The Labute approximate surface area is 157 Å². The van der Waals surface area contributed by atoms with Crippen LogP contribution in [0.1, 0.15) is 10.4 Å². The minimum atomic E-state index is -3.94. The van der Waals surface area contributed by atoms with Gasteiger partial charge in [0.05, 0.1) is 17.0 Å². The molecule has 0 aliphatic heterocycles. The average molecular weight is 447 g/mol. The van der Waals surface area contributed by atoms with Gasteiger partial charge in [-0.1, -0.05) is 11.6 Å². The Bertz CT molecular complexity index is 917. The first-order valence-electron chi connectivity index (χ1n) is 6.83. The molecule has 4 N–H and O–H groups in total. The molecule has 10 heteroatoms. The van der Waals surface area contributed by atoms with Gasteiger partial charge in [-0.2, -0.15) is 0 Å². The number of anilines is 1. The van der Waals surface area contributed by atoms with Crippen LogP contribution in [0.2, 0.25) is 5.02 Å². The van der Waals surface area contributed by atoms with Gasteiger partial charge in [0.2, 0.25) is 15.9 Å². The van der Waals surface area contributed by atoms with Gasteiger partial charge in [0, 0.05) is 15.2 Å². The highest BCUT2D eigenvalue weighted by molar-refractivity contribution is 9.10. The lowest BCUT2D eigenvalue weighted by atomic mass is 10.2. The molecular weight excluding hydrogens is 434 g/mol. The highest BCUT2D eigenvalue weighted by atomic mass is 79.9. The molecule has 2 rings (SSSR count). The Hall–Kier alpha value is -1.94. The largest absolute Gasteiger partial charge is 0.343 e. The lowest BCUT2D eigenvalue weighted by Gasteiger charge is -2.09. The van der Waals surface area contributed by atoms with Gasteiger partial charge in [0.25, 0.3) is 5.91 Å². The highest BCUT2D eigenvalue weighted by Crippen LogP contribution is 2.20. The summed E-state index contributed by atoms with van der Waals surface area (Å²) in [4.78, 5) is 23.8. The number of nitrogens with one attached hydrogen (secondary N) is 2. The molecule has 2 amide bonds. The van der Waals surface area contributed by atoms with Crippen LogP contribution in [0.3, 0.4) is 0 Å². The van der Waals surface area contributed by atoms with Gasteiger partial charge in [0.15, 0.2) is 0 Å². The third-order valence-corrected chi connectivity index (χ3v) is 4.90. The molecule has 2 aromatic rings. The molecule has 0 aliphatic rings. The Morgan fingerprint density at radius 3 is 2.36 bits per heavy atom. The number of carbonyl (C=O) groups is 2. The zero-order valence-electron chi connectivity index (χ0n) is 12.6. The summed E-state index contributed by atoms with van der Waals surface area (Å²) in [6, 6.07) is 10.3. The molecule has 0 heterocycles. The summed E-state index contributed by atoms with van der Waals surface area (Å²) >= 11 is 8.91. The number of halogens is 2. The highest BCUT2D eigenvalue weighted by Gasteiger charge is 2.16. The van der Waals surface area contributed by atoms with Crippen LogP contribution in [-0.4, -0.2) is 26.8 Å². The summed E-state index contributed by atoms with van der Waals surface area (Å²) in [5.74, 6) is -1.07. The summed E-state index contributed by atoms with van der Waals surface area (Å²) in [6.45, 7) is -0.298. The molecule has 0 fully saturated rings.